The van der Waals surface area contributed by atoms with E-state index in [1.165, 1.54) is 25.3 Å². The predicted molar refractivity (Wildman–Crippen MR) is 125 cm³/mol. The van der Waals surface area contributed by atoms with Crippen LogP contribution in [0.15, 0.2) is 40.9 Å². The highest BCUT2D eigenvalue weighted by molar-refractivity contribution is 9.10. The van der Waals surface area contributed by atoms with Crippen molar-refractivity contribution in [3.05, 3.63) is 57.8 Å². The zero-order chi connectivity index (χ0) is 24.0. The summed E-state index contributed by atoms with van der Waals surface area (Å²) in [5.74, 6) is -0.910. The molecule has 2 aromatic rings. The van der Waals surface area contributed by atoms with E-state index in [-0.39, 0.29) is 34.6 Å². The second-order valence-electron chi connectivity index (χ2n) is 7.56. The van der Waals surface area contributed by atoms with Gasteiger partial charge in [0.15, 0.2) is 5.84 Å². The molecule has 1 aliphatic heterocycles. The van der Waals surface area contributed by atoms with E-state index in [1.807, 2.05) is 0 Å². The largest absolute Gasteiger partial charge is 0.495 e. The van der Waals surface area contributed by atoms with Gasteiger partial charge in [-0.1, -0.05) is 6.07 Å². The highest BCUT2D eigenvalue weighted by Gasteiger charge is 2.29. The number of nitrogens with zero attached hydrogens (tertiary/aromatic N) is 2. The number of hydrogen-bond donors (Lipinski definition) is 3. The molecule has 0 radical (unpaired) electrons. The van der Waals surface area contributed by atoms with Crippen molar-refractivity contribution in [2.45, 2.75) is 19.4 Å². The molecule has 0 saturated carbocycles. The lowest BCUT2D eigenvalue weighted by Crippen LogP contribution is -2.46. The van der Waals surface area contributed by atoms with Crippen LogP contribution in [0.4, 0.5) is 14.9 Å². The molecule has 33 heavy (non-hydrogen) atoms. The first-order valence-electron chi connectivity index (χ1n) is 10.3. The fraction of sp³-hybridized carbons (Fsp3) is 0.304. The number of carbonyl (C=O) groups excluding carboxylic acids is 2. The number of amides is 2. The number of halogens is 2. The number of carbonyl (C=O) groups is 2. The van der Waals surface area contributed by atoms with E-state index < -0.39 is 5.82 Å². The number of benzene rings is 2. The first-order chi connectivity index (χ1) is 15.8. The summed E-state index contributed by atoms with van der Waals surface area (Å²) in [4.78, 5) is 26.8. The van der Waals surface area contributed by atoms with E-state index in [0.29, 0.717) is 42.9 Å². The minimum Gasteiger partial charge on any atom is -0.495 e. The monoisotopic (exact) mass is 515 g/mol. The van der Waals surface area contributed by atoms with Crippen LogP contribution >= 0.6 is 15.9 Å². The second kappa shape index (κ2) is 10.9. The highest BCUT2D eigenvalue weighted by Crippen LogP contribution is 2.23. The maximum atomic E-state index is 13.4. The van der Waals surface area contributed by atoms with Crippen LogP contribution in [0.1, 0.15) is 24.0 Å². The van der Waals surface area contributed by atoms with Crippen molar-refractivity contribution in [3.63, 3.8) is 0 Å². The zero-order valence-electron chi connectivity index (χ0n) is 18.0. The Morgan fingerprint density at radius 2 is 2.00 bits per heavy atom. The van der Waals surface area contributed by atoms with E-state index >= 15 is 0 Å². The molecule has 1 aliphatic rings. The Morgan fingerprint density at radius 3 is 2.64 bits per heavy atom. The van der Waals surface area contributed by atoms with Gasteiger partial charge < -0.3 is 20.3 Å². The van der Waals surface area contributed by atoms with Crippen LogP contribution in [0.2, 0.25) is 0 Å². The second-order valence-corrected chi connectivity index (χ2v) is 8.41. The van der Waals surface area contributed by atoms with Crippen LogP contribution in [-0.4, -0.2) is 42.7 Å². The zero-order valence-corrected chi connectivity index (χ0v) is 19.5. The molecular weight excluding hydrogens is 493 g/mol. The molecule has 8 nitrogen and oxygen atoms in total. The van der Waals surface area contributed by atoms with E-state index in [2.05, 4.69) is 32.6 Å². The molecule has 0 aromatic heterocycles. The Labute approximate surface area is 199 Å². The number of urea groups is 1. The van der Waals surface area contributed by atoms with Gasteiger partial charge in [0.2, 0.25) is 5.78 Å². The lowest BCUT2D eigenvalue weighted by atomic mass is 9.92. The number of amidine groups is 1. The Bertz CT molecular complexity index is 1110. The Kier molecular flexibility index (Phi) is 8.01. The average molecular weight is 516 g/mol. The fourth-order valence-corrected chi connectivity index (χ4v) is 3.95. The quantitative estimate of drug-likeness (QED) is 0.396. The van der Waals surface area contributed by atoms with Crippen molar-refractivity contribution in [1.29, 1.82) is 10.7 Å². The molecule has 3 rings (SSSR count). The van der Waals surface area contributed by atoms with Crippen LogP contribution in [0.3, 0.4) is 0 Å². The van der Waals surface area contributed by atoms with Gasteiger partial charge in [0.05, 0.1) is 17.1 Å². The first kappa shape index (κ1) is 24.2. The molecule has 1 fully saturated rings. The van der Waals surface area contributed by atoms with Gasteiger partial charge in [0.1, 0.15) is 17.6 Å². The number of nitriles is 1. The van der Waals surface area contributed by atoms with Gasteiger partial charge in [0.25, 0.3) is 0 Å². The molecule has 0 atom stereocenters. The summed E-state index contributed by atoms with van der Waals surface area (Å²) in [7, 11) is 1.49. The summed E-state index contributed by atoms with van der Waals surface area (Å²) < 4.78 is 18.7. The van der Waals surface area contributed by atoms with Crippen molar-refractivity contribution in [2.24, 2.45) is 5.92 Å². The van der Waals surface area contributed by atoms with Gasteiger partial charge in [-0.05, 0) is 64.7 Å². The van der Waals surface area contributed by atoms with Gasteiger partial charge in [-0.15, -0.1) is 0 Å². The van der Waals surface area contributed by atoms with Gasteiger partial charge in [0, 0.05) is 31.2 Å². The molecule has 2 aromatic carbocycles. The van der Waals surface area contributed by atoms with Crippen LogP contribution in [0, 0.1) is 28.5 Å². The standard InChI is InChI=1S/C23H23BrFN5O3/c1-33-20-5-2-14(10-16(20)12-26)13-28-23(32)30-8-6-15(7-9-30)21(31)22(27)29-17-3-4-19(25)18(24)11-17/h2-5,10-11,15H,6-9,13H2,1H3,(H2,27,29)(H,28,32). The Morgan fingerprint density at radius 1 is 1.27 bits per heavy atom. The SMILES string of the molecule is COc1ccc(CNC(=O)N2CCC(C(=O)C(=N)Nc3ccc(F)c(Br)c3)CC2)cc1C#N. The average Bonchev–Trinajstić information content (AvgIpc) is 2.84. The minimum absolute atomic E-state index is 0.241. The molecule has 3 N–H and O–H groups in total. The van der Waals surface area contributed by atoms with Crippen LogP contribution < -0.4 is 15.4 Å². The molecule has 0 spiro atoms. The van der Waals surface area contributed by atoms with E-state index in [1.54, 1.807) is 23.1 Å². The van der Waals surface area contributed by atoms with Crippen molar-refractivity contribution in [1.82, 2.24) is 10.2 Å². The number of anilines is 1. The van der Waals surface area contributed by atoms with Crippen LogP contribution in [-0.2, 0) is 11.3 Å². The summed E-state index contributed by atoms with van der Waals surface area (Å²) in [6.45, 7) is 1.05. The molecule has 0 unspecified atom stereocenters. The molecule has 10 heteroatoms. The van der Waals surface area contributed by atoms with Crippen molar-refractivity contribution in [3.8, 4) is 11.8 Å². The predicted octanol–water partition coefficient (Wildman–Crippen LogP) is 4.05. The lowest BCUT2D eigenvalue weighted by Gasteiger charge is -2.31. The molecule has 1 saturated heterocycles. The minimum atomic E-state index is -0.429. The molecular formula is C23H23BrFN5O3. The smallest absolute Gasteiger partial charge is 0.317 e. The molecule has 2 amide bonds. The van der Waals surface area contributed by atoms with Crippen LogP contribution in [0.5, 0.6) is 5.75 Å². The van der Waals surface area contributed by atoms with Crippen molar-refractivity contribution < 1.29 is 18.7 Å². The number of Topliss-reactive ketones (excluding diaryl/α,β-unsaturated/α-hetero) is 1. The number of rotatable bonds is 6. The topological polar surface area (TPSA) is 118 Å². The number of methoxy groups -OCH3 is 1. The van der Waals surface area contributed by atoms with E-state index in [0.717, 1.165) is 5.56 Å². The maximum Gasteiger partial charge on any atom is 0.317 e. The Balaban J connectivity index is 1.48. The fourth-order valence-electron chi connectivity index (χ4n) is 3.57. The third-order valence-electron chi connectivity index (χ3n) is 5.42. The number of ether oxygens (including phenoxy) is 1. The molecule has 0 aliphatic carbocycles. The summed E-state index contributed by atoms with van der Waals surface area (Å²) in [6.07, 6.45) is 0.898. The number of ketones is 1. The number of nitrogens with one attached hydrogen (secondary N) is 3. The summed E-state index contributed by atoms with van der Waals surface area (Å²) in [5, 5.41) is 22.8. The first-order valence-corrected chi connectivity index (χ1v) is 11.1. The normalized spacial score (nSPS) is 13.7. The van der Waals surface area contributed by atoms with Gasteiger partial charge in [-0.25, -0.2) is 9.18 Å². The third kappa shape index (κ3) is 6.08. The number of likely N-dealkylation sites (tertiary alicyclic amines) is 1. The van der Waals surface area contributed by atoms with E-state index in [9.17, 15) is 19.2 Å². The summed E-state index contributed by atoms with van der Waals surface area (Å²) in [5.41, 5.74) is 1.61. The van der Waals surface area contributed by atoms with Crippen molar-refractivity contribution in [2.75, 3.05) is 25.5 Å². The number of hydrogen-bond acceptors (Lipinski definition) is 5. The third-order valence-corrected chi connectivity index (χ3v) is 6.02. The van der Waals surface area contributed by atoms with Gasteiger partial charge in [-0.3, -0.25) is 10.2 Å². The van der Waals surface area contributed by atoms with Gasteiger partial charge >= 0.3 is 6.03 Å². The summed E-state index contributed by atoms with van der Waals surface area (Å²) in [6, 6.07) is 11.1. The number of piperidine rings is 1. The Hall–Kier alpha value is -3.45. The lowest BCUT2D eigenvalue weighted by molar-refractivity contribution is -0.117. The summed E-state index contributed by atoms with van der Waals surface area (Å²) >= 11 is 3.08. The van der Waals surface area contributed by atoms with Crippen molar-refractivity contribution >= 4 is 39.3 Å². The maximum absolute atomic E-state index is 13.4. The molecule has 0 bridgehead atoms. The molecule has 172 valence electrons. The van der Waals surface area contributed by atoms with Crippen LogP contribution in [0.25, 0.3) is 0 Å². The van der Waals surface area contributed by atoms with Gasteiger partial charge in [-0.2, -0.15) is 5.26 Å². The molecule has 1 heterocycles. The van der Waals surface area contributed by atoms with E-state index in [4.69, 9.17) is 10.1 Å². The highest BCUT2D eigenvalue weighted by atomic mass is 79.9.